The van der Waals surface area contributed by atoms with Crippen molar-refractivity contribution >= 4 is 17.5 Å². The quantitative estimate of drug-likeness (QED) is 0.798. The minimum absolute atomic E-state index is 0.0000113. The van der Waals surface area contributed by atoms with Gasteiger partial charge in [0.2, 0.25) is 5.91 Å². The van der Waals surface area contributed by atoms with Gasteiger partial charge in [-0.2, -0.15) is 0 Å². The maximum atomic E-state index is 11.6. The summed E-state index contributed by atoms with van der Waals surface area (Å²) in [7, 11) is 0. The van der Waals surface area contributed by atoms with Gasteiger partial charge in [-0.05, 0) is 18.6 Å². The van der Waals surface area contributed by atoms with Crippen molar-refractivity contribution in [3.8, 4) is 12.3 Å². The number of halogens is 1. The number of carbonyl (C=O) groups excluding carboxylic acids is 1. The third-order valence-corrected chi connectivity index (χ3v) is 2.51. The maximum absolute atomic E-state index is 11.6. The Morgan fingerprint density at radius 1 is 1.56 bits per heavy atom. The molecule has 2 nitrogen and oxygen atoms in total. The fourth-order valence-electron chi connectivity index (χ4n) is 1.37. The van der Waals surface area contributed by atoms with E-state index in [1.54, 1.807) is 6.07 Å². The Morgan fingerprint density at radius 3 is 2.88 bits per heavy atom. The number of terminal acetylenes is 1. The van der Waals surface area contributed by atoms with Gasteiger partial charge in [0.15, 0.2) is 0 Å². The Labute approximate surface area is 101 Å². The van der Waals surface area contributed by atoms with Crippen LogP contribution in [0.25, 0.3) is 0 Å². The number of nitrogens with one attached hydrogen (secondary N) is 1. The average Bonchev–Trinajstić information content (AvgIpc) is 2.21. The molecule has 1 aromatic carbocycles. The highest BCUT2D eigenvalue weighted by molar-refractivity contribution is 6.31. The number of amides is 1. The van der Waals surface area contributed by atoms with Gasteiger partial charge in [0, 0.05) is 17.5 Å². The number of carbonyl (C=O) groups is 1. The summed E-state index contributed by atoms with van der Waals surface area (Å²) in [5.41, 5.74) is 0.828. The van der Waals surface area contributed by atoms with Crippen molar-refractivity contribution in [2.24, 2.45) is 0 Å². The number of benzene rings is 1. The second kappa shape index (κ2) is 6.19. The van der Waals surface area contributed by atoms with E-state index in [1.165, 1.54) is 0 Å². The summed E-state index contributed by atoms with van der Waals surface area (Å²) < 4.78 is 0. The fourth-order valence-corrected chi connectivity index (χ4v) is 1.57. The minimum atomic E-state index is -0.0594. The van der Waals surface area contributed by atoms with Crippen molar-refractivity contribution in [1.82, 2.24) is 5.32 Å². The minimum Gasteiger partial charge on any atom is -0.352 e. The van der Waals surface area contributed by atoms with E-state index in [0.29, 0.717) is 11.4 Å². The lowest BCUT2D eigenvalue weighted by atomic mass is 10.1. The third kappa shape index (κ3) is 3.96. The van der Waals surface area contributed by atoms with Crippen molar-refractivity contribution in [2.75, 3.05) is 0 Å². The first kappa shape index (κ1) is 12.6. The zero-order chi connectivity index (χ0) is 12.0. The van der Waals surface area contributed by atoms with E-state index in [1.807, 2.05) is 25.1 Å². The van der Waals surface area contributed by atoms with Crippen molar-refractivity contribution in [2.45, 2.75) is 25.8 Å². The molecule has 0 aliphatic rings. The zero-order valence-corrected chi connectivity index (χ0v) is 9.92. The van der Waals surface area contributed by atoms with Crippen molar-refractivity contribution in [3.05, 3.63) is 34.9 Å². The summed E-state index contributed by atoms with van der Waals surface area (Å²) in [6.45, 7) is 1.88. The Balaban J connectivity index is 2.53. The van der Waals surface area contributed by atoms with Crippen LogP contribution in [0.3, 0.4) is 0 Å². The molecule has 0 saturated carbocycles. The van der Waals surface area contributed by atoms with Crippen LogP contribution >= 0.6 is 11.6 Å². The second-order valence-electron chi connectivity index (χ2n) is 3.64. The lowest BCUT2D eigenvalue weighted by Crippen LogP contribution is -2.33. The summed E-state index contributed by atoms with van der Waals surface area (Å²) in [4.78, 5) is 11.6. The van der Waals surface area contributed by atoms with Crippen LogP contribution in [0.1, 0.15) is 18.9 Å². The molecule has 0 spiro atoms. The van der Waals surface area contributed by atoms with Gasteiger partial charge in [-0.25, -0.2) is 0 Å². The van der Waals surface area contributed by atoms with Crippen LogP contribution < -0.4 is 5.32 Å². The lowest BCUT2D eigenvalue weighted by molar-refractivity contribution is -0.121. The molecule has 0 aliphatic heterocycles. The Hall–Kier alpha value is -1.46. The molecule has 0 fully saturated rings. The zero-order valence-electron chi connectivity index (χ0n) is 9.16. The van der Waals surface area contributed by atoms with Gasteiger partial charge in [0.1, 0.15) is 0 Å². The van der Waals surface area contributed by atoms with Gasteiger partial charge in [0.05, 0.1) is 6.42 Å². The molecule has 1 atom stereocenters. The highest BCUT2D eigenvalue weighted by Crippen LogP contribution is 2.15. The summed E-state index contributed by atoms with van der Waals surface area (Å²) in [5.74, 6) is 2.45. The van der Waals surface area contributed by atoms with E-state index < -0.39 is 0 Å². The van der Waals surface area contributed by atoms with E-state index in [2.05, 4.69) is 11.2 Å². The summed E-state index contributed by atoms with van der Waals surface area (Å²) in [6, 6.07) is 7.31. The van der Waals surface area contributed by atoms with Crippen molar-refractivity contribution in [3.63, 3.8) is 0 Å². The van der Waals surface area contributed by atoms with Crippen LogP contribution in [0.5, 0.6) is 0 Å². The number of hydrogen-bond donors (Lipinski definition) is 1. The third-order valence-electron chi connectivity index (χ3n) is 2.14. The van der Waals surface area contributed by atoms with Crippen molar-refractivity contribution in [1.29, 1.82) is 0 Å². The summed E-state index contributed by atoms with van der Waals surface area (Å²) in [5, 5.41) is 3.43. The second-order valence-corrected chi connectivity index (χ2v) is 4.05. The standard InChI is InChI=1S/C13H14ClNO/c1-3-6-10(2)15-13(16)9-11-7-4-5-8-12(11)14/h1,4-5,7-8,10H,6,9H2,2H3,(H,15,16). The molecule has 1 rings (SSSR count). The van der Waals surface area contributed by atoms with Gasteiger partial charge < -0.3 is 5.32 Å². The topological polar surface area (TPSA) is 29.1 Å². The summed E-state index contributed by atoms with van der Waals surface area (Å²) in [6.07, 6.45) is 5.98. The van der Waals surface area contributed by atoms with Crippen LogP contribution in [0.2, 0.25) is 5.02 Å². The molecule has 84 valence electrons. The molecule has 0 heterocycles. The molecule has 3 heteroatoms. The average molecular weight is 236 g/mol. The van der Waals surface area contributed by atoms with Crippen LogP contribution in [0, 0.1) is 12.3 Å². The molecule has 1 amide bonds. The van der Waals surface area contributed by atoms with Gasteiger partial charge in [-0.1, -0.05) is 29.8 Å². The highest BCUT2D eigenvalue weighted by Gasteiger charge is 2.08. The van der Waals surface area contributed by atoms with E-state index in [4.69, 9.17) is 18.0 Å². The molecule has 0 saturated heterocycles. The fraction of sp³-hybridized carbons (Fsp3) is 0.308. The van der Waals surface area contributed by atoms with E-state index >= 15 is 0 Å². The highest BCUT2D eigenvalue weighted by atomic mass is 35.5. The number of rotatable bonds is 4. The van der Waals surface area contributed by atoms with Gasteiger partial charge in [0.25, 0.3) is 0 Å². The molecular weight excluding hydrogens is 222 g/mol. The number of hydrogen-bond acceptors (Lipinski definition) is 1. The van der Waals surface area contributed by atoms with Crippen LogP contribution in [0.4, 0.5) is 0 Å². The molecule has 0 bridgehead atoms. The largest absolute Gasteiger partial charge is 0.352 e. The predicted octanol–water partition coefficient (Wildman–Crippen LogP) is 2.41. The molecule has 0 aliphatic carbocycles. The molecular formula is C13H14ClNO. The van der Waals surface area contributed by atoms with Gasteiger partial charge in [-0.3, -0.25) is 4.79 Å². The Kier molecular flexibility index (Phi) is 4.88. The van der Waals surface area contributed by atoms with E-state index in [0.717, 1.165) is 5.56 Å². The first-order chi connectivity index (χ1) is 7.63. The normalized spacial score (nSPS) is 11.6. The van der Waals surface area contributed by atoms with Crippen LogP contribution in [-0.2, 0) is 11.2 Å². The monoisotopic (exact) mass is 235 g/mol. The first-order valence-corrected chi connectivity index (χ1v) is 5.47. The molecule has 16 heavy (non-hydrogen) atoms. The van der Waals surface area contributed by atoms with Crippen molar-refractivity contribution < 1.29 is 4.79 Å². The SMILES string of the molecule is C#CCC(C)NC(=O)Cc1ccccc1Cl. The van der Waals surface area contributed by atoms with Crippen LogP contribution in [-0.4, -0.2) is 11.9 Å². The van der Waals surface area contributed by atoms with Gasteiger partial charge >= 0.3 is 0 Å². The molecule has 0 radical (unpaired) electrons. The first-order valence-electron chi connectivity index (χ1n) is 5.09. The van der Waals surface area contributed by atoms with Gasteiger partial charge in [-0.15, -0.1) is 12.3 Å². The Morgan fingerprint density at radius 2 is 2.25 bits per heavy atom. The van der Waals surface area contributed by atoms with E-state index in [9.17, 15) is 4.79 Å². The van der Waals surface area contributed by atoms with Crippen LogP contribution in [0.15, 0.2) is 24.3 Å². The predicted molar refractivity (Wildman–Crippen MR) is 66.2 cm³/mol. The molecule has 1 N–H and O–H groups in total. The molecule has 0 aromatic heterocycles. The lowest BCUT2D eigenvalue weighted by Gasteiger charge is -2.11. The Bertz CT molecular complexity index is 409. The summed E-state index contributed by atoms with van der Waals surface area (Å²) >= 11 is 5.95. The smallest absolute Gasteiger partial charge is 0.224 e. The molecule has 1 unspecified atom stereocenters. The molecule has 1 aromatic rings. The van der Waals surface area contributed by atoms with E-state index in [-0.39, 0.29) is 18.4 Å². The maximum Gasteiger partial charge on any atom is 0.224 e.